The van der Waals surface area contributed by atoms with Crippen LogP contribution in [0.4, 0.5) is 0 Å². The summed E-state index contributed by atoms with van der Waals surface area (Å²) in [5.41, 5.74) is 0. The van der Waals surface area contributed by atoms with Crippen molar-refractivity contribution in [3.8, 4) is 17.2 Å². The van der Waals surface area contributed by atoms with Gasteiger partial charge >= 0.3 is 150 Å². The Balaban J connectivity index is 1.95. The molecule has 0 aromatic heterocycles. The van der Waals surface area contributed by atoms with Gasteiger partial charge in [-0.2, -0.15) is 0 Å². The predicted octanol–water partition coefficient (Wildman–Crippen LogP) is 6.46. The van der Waals surface area contributed by atoms with E-state index in [1.807, 2.05) is 97.7 Å². The van der Waals surface area contributed by atoms with E-state index in [0.29, 0.717) is 17.2 Å². The summed E-state index contributed by atoms with van der Waals surface area (Å²) in [6, 6.07) is 28.5. The molecule has 0 bridgehead atoms. The third-order valence-electron chi connectivity index (χ3n) is 3.15. The molecular formula is C19H18BrO3P. The van der Waals surface area contributed by atoms with E-state index in [9.17, 15) is 0 Å². The van der Waals surface area contributed by atoms with E-state index in [0.717, 1.165) is 0 Å². The van der Waals surface area contributed by atoms with Crippen LogP contribution in [0.5, 0.6) is 17.2 Å². The minimum atomic E-state index is -3.65. The van der Waals surface area contributed by atoms with Crippen molar-refractivity contribution in [1.29, 1.82) is 0 Å². The molecule has 0 aliphatic heterocycles. The van der Waals surface area contributed by atoms with Crippen LogP contribution in [-0.4, -0.2) is 6.66 Å². The van der Waals surface area contributed by atoms with E-state index >= 15 is 0 Å². The minimum absolute atomic E-state index is 0.668. The van der Waals surface area contributed by atoms with Crippen molar-refractivity contribution in [3.63, 3.8) is 0 Å². The van der Waals surface area contributed by atoms with Crippen molar-refractivity contribution in [3.05, 3.63) is 91.0 Å². The quantitative estimate of drug-likeness (QED) is 0.441. The van der Waals surface area contributed by atoms with Gasteiger partial charge in [0.25, 0.3) is 0 Å². The zero-order chi connectivity index (χ0) is 16.9. The van der Waals surface area contributed by atoms with Gasteiger partial charge in [-0.1, -0.05) is 0 Å². The molecule has 0 heterocycles. The van der Waals surface area contributed by atoms with Crippen LogP contribution in [0.25, 0.3) is 0 Å². The zero-order valence-electron chi connectivity index (χ0n) is 13.2. The summed E-state index contributed by atoms with van der Waals surface area (Å²) in [6.07, 6.45) is 0. The Morgan fingerprint density at radius 1 is 0.542 bits per heavy atom. The summed E-state index contributed by atoms with van der Waals surface area (Å²) >= 11 is 3.66. The van der Waals surface area contributed by atoms with Gasteiger partial charge in [0.05, 0.1) is 0 Å². The van der Waals surface area contributed by atoms with E-state index in [4.69, 9.17) is 13.6 Å². The molecule has 0 saturated heterocycles. The molecule has 3 aromatic carbocycles. The van der Waals surface area contributed by atoms with Crippen molar-refractivity contribution >= 4 is 21.5 Å². The third kappa shape index (κ3) is 4.50. The molecule has 3 aromatic rings. The van der Waals surface area contributed by atoms with E-state index < -0.39 is 5.99 Å². The molecule has 0 unspecified atom stereocenters. The van der Waals surface area contributed by atoms with Gasteiger partial charge in [0.15, 0.2) is 0 Å². The van der Waals surface area contributed by atoms with Crippen LogP contribution >= 0.6 is 21.5 Å². The van der Waals surface area contributed by atoms with Gasteiger partial charge in [-0.05, 0) is 0 Å². The van der Waals surface area contributed by atoms with Crippen LogP contribution in [0.1, 0.15) is 0 Å². The van der Waals surface area contributed by atoms with Gasteiger partial charge in [0, 0.05) is 0 Å². The Bertz CT molecular complexity index is 671. The fraction of sp³-hybridized carbons (Fsp3) is 0.0526. The van der Waals surface area contributed by atoms with Gasteiger partial charge in [-0.25, -0.2) is 0 Å². The first-order chi connectivity index (χ1) is 11.5. The molecule has 0 N–H and O–H groups in total. The first kappa shape index (κ1) is 16.8. The van der Waals surface area contributed by atoms with Crippen LogP contribution in [-0.2, 0) is 0 Å². The van der Waals surface area contributed by atoms with Crippen LogP contribution in [0, 0.1) is 0 Å². The van der Waals surface area contributed by atoms with Crippen molar-refractivity contribution < 1.29 is 13.6 Å². The molecule has 0 atom stereocenters. The van der Waals surface area contributed by atoms with E-state index in [2.05, 4.69) is 15.5 Å². The number of para-hydroxylation sites is 3. The van der Waals surface area contributed by atoms with Crippen LogP contribution in [0.15, 0.2) is 91.0 Å². The second-order valence-electron chi connectivity index (χ2n) is 5.36. The summed E-state index contributed by atoms with van der Waals surface area (Å²) in [7, 11) is 0. The van der Waals surface area contributed by atoms with Crippen molar-refractivity contribution in [2.75, 3.05) is 6.66 Å². The Morgan fingerprint density at radius 3 is 1.04 bits per heavy atom. The van der Waals surface area contributed by atoms with E-state index in [1.54, 1.807) is 0 Å². The molecule has 3 rings (SSSR count). The van der Waals surface area contributed by atoms with Gasteiger partial charge in [0.2, 0.25) is 0 Å². The molecule has 0 radical (unpaired) electrons. The van der Waals surface area contributed by atoms with Crippen molar-refractivity contribution in [2.45, 2.75) is 0 Å². The molecule has 5 heteroatoms. The van der Waals surface area contributed by atoms with Crippen LogP contribution in [0.3, 0.4) is 0 Å². The van der Waals surface area contributed by atoms with Crippen LogP contribution in [0.2, 0.25) is 0 Å². The Kier molecular flexibility index (Phi) is 4.79. The Morgan fingerprint density at radius 2 is 0.792 bits per heavy atom. The Hall–Kier alpha value is -2.03. The van der Waals surface area contributed by atoms with Gasteiger partial charge < -0.3 is 0 Å². The molecule has 124 valence electrons. The number of benzene rings is 3. The molecule has 0 spiro atoms. The van der Waals surface area contributed by atoms with Gasteiger partial charge in [0.1, 0.15) is 0 Å². The first-order valence-corrected chi connectivity index (χ1v) is 12.0. The summed E-state index contributed by atoms with van der Waals surface area (Å²) < 4.78 is 18.6. The standard InChI is InChI=1S/C19H18BrO3P/c1-24(20,21-17-11-5-2-6-12-17,22-18-13-7-3-8-14-18)23-19-15-9-4-10-16-19/h2-16H,1H3. The number of halogens is 1. The molecule has 0 fully saturated rings. The van der Waals surface area contributed by atoms with E-state index in [1.165, 1.54) is 0 Å². The SMILES string of the molecule is CP(Br)(Oc1ccccc1)(Oc1ccccc1)Oc1ccccc1. The fourth-order valence-electron chi connectivity index (χ4n) is 2.19. The number of hydrogen-bond donors (Lipinski definition) is 0. The molecule has 3 nitrogen and oxygen atoms in total. The van der Waals surface area contributed by atoms with Gasteiger partial charge in [-0.3, -0.25) is 0 Å². The van der Waals surface area contributed by atoms with Crippen molar-refractivity contribution in [1.82, 2.24) is 0 Å². The molecule has 0 aliphatic rings. The van der Waals surface area contributed by atoms with Crippen molar-refractivity contribution in [2.24, 2.45) is 0 Å². The summed E-state index contributed by atoms with van der Waals surface area (Å²) in [5, 5.41) is 0. The normalized spacial score (nSPS) is 12.7. The number of rotatable bonds is 6. The summed E-state index contributed by atoms with van der Waals surface area (Å²) in [6.45, 7) is 1.82. The molecule has 0 amide bonds. The molecular weight excluding hydrogens is 387 g/mol. The molecule has 0 saturated carbocycles. The third-order valence-corrected chi connectivity index (χ3v) is 6.28. The maximum absolute atomic E-state index is 6.20. The fourth-order valence-corrected chi connectivity index (χ4v) is 5.56. The van der Waals surface area contributed by atoms with Crippen LogP contribution < -0.4 is 13.6 Å². The summed E-state index contributed by atoms with van der Waals surface area (Å²) in [5.74, 6) is -1.65. The first-order valence-electron chi connectivity index (χ1n) is 7.51. The second-order valence-corrected chi connectivity index (χ2v) is 12.9. The average molecular weight is 405 g/mol. The summed E-state index contributed by atoms with van der Waals surface area (Å²) in [4.78, 5) is 0. The topological polar surface area (TPSA) is 27.7 Å². The molecule has 0 aliphatic carbocycles. The van der Waals surface area contributed by atoms with Gasteiger partial charge in [-0.15, -0.1) is 0 Å². The molecule has 24 heavy (non-hydrogen) atoms. The number of hydrogen-bond acceptors (Lipinski definition) is 3. The van der Waals surface area contributed by atoms with E-state index in [-0.39, 0.29) is 0 Å². The zero-order valence-corrected chi connectivity index (χ0v) is 15.7. The monoisotopic (exact) mass is 404 g/mol. The predicted molar refractivity (Wildman–Crippen MR) is 103 cm³/mol. The Labute approximate surface area is 150 Å². The second kappa shape index (κ2) is 6.84. The maximum atomic E-state index is 6.20. The average Bonchev–Trinajstić information content (AvgIpc) is 2.56.